The zero-order valence-corrected chi connectivity index (χ0v) is 16.5. The summed E-state index contributed by atoms with van der Waals surface area (Å²) in [7, 11) is -3.30. The quantitative estimate of drug-likeness (QED) is 0.733. The Balaban J connectivity index is 1.63. The van der Waals surface area contributed by atoms with Crippen LogP contribution in [0.15, 0.2) is 11.4 Å². The third-order valence-electron chi connectivity index (χ3n) is 4.67. The standard InChI is InChI=1S/C17H25N3O4S2/c1-2-10-26(23,24)20-8-3-4-12(11-20)15(21)19-17-14(7-9-25-17)16(22)18-13-5-6-13/h7,9,12-13H,2-6,8,10-11H2,1H3,(H,18,22)(H,19,21). The smallest absolute Gasteiger partial charge is 0.254 e. The lowest BCUT2D eigenvalue weighted by molar-refractivity contribution is -0.120. The van der Waals surface area contributed by atoms with Gasteiger partial charge in [-0.15, -0.1) is 11.3 Å². The number of sulfonamides is 1. The molecule has 2 N–H and O–H groups in total. The summed E-state index contributed by atoms with van der Waals surface area (Å²) in [6, 6.07) is 1.96. The third kappa shape index (κ3) is 4.63. The minimum atomic E-state index is -3.30. The molecule has 144 valence electrons. The second kappa shape index (κ2) is 8.06. The van der Waals surface area contributed by atoms with Gasteiger partial charge in [0.25, 0.3) is 5.91 Å². The van der Waals surface area contributed by atoms with Crippen molar-refractivity contribution in [3.63, 3.8) is 0 Å². The van der Waals surface area contributed by atoms with E-state index in [9.17, 15) is 18.0 Å². The molecule has 9 heteroatoms. The highest BCUT2D eigenvalue weighted by Gasteiger charge is 2.32. The maximum absolute atomic E-state index is 12.6. The minimum Gasteiger partial charge on any atom is -0.349 e. The van der Waals surface area contributed by atoms with Crippen molar-refractivity contribution in [2.24, 2.45) is 5.92 Å². The summed E-state index contributed by atoms with van der Waals surface area (Å²) in [5, 5.41) is 8.06. The minimum absolute atomic E-state index is 0.109. The number of amides is 2. The molecule has 2 aliphatic rings. The summed E-state index contributed by atoms with van der Waals surface area (Å²) in [5.74, 6) is -0.668. The van der Waals surface area contributed by atoms with Gasteiger partial charge in [0.05, 0.1) is 17.2 Å². The van der Waals surface area contributed by atoms with Gasteiger partial charge in [0.15, 0.2) is 0 Å². The predicted molar refractivity (Wildman–Crippen MR) is 102 cm³/mol. The zero-order chi connectivity index (χ0) is 18.7. The van der Waals surface area contributed by atoms with Crippen LogP contribution in [0, 0.1) is 5.92 Å². The molecule has 1 unspecified atom stereocenters. The van der Waals surface area contributed by atoms with Crippen molar-refractivity contribution in [3.05, 3.63) is 17.0 Å². The molecule has 2 fully saturated rings. The van der Waals surface area contributed by atoms with Crippen LogP contribution in [0.5, 0.6) is 0 Å². The first-order valence-electron chi connectivity index (χ1n) is 9.07. The van der Waals surface area contributed by atoms with Crippen LogP contribution in [0.2, 0.25) is 0 Å². The number of hydrogen-bond donors (Lipinski definition) is 2. The molecule has 26 heavy (non-hydrogen) atoms. The number of carbonyl (C=O) groups excluding carboxylic acids is 2. The number of hydrogen-bond acceptors (Lipinski definition) is 5. The van der Waals surface area contributed by atoms with E-state index < -0.39 is 15.9 Å². The highest BCUT2D eigenvalue weighted by Crippen LogP contribution is 2.27. The molecule has 7 nitrogen and oxygen atoms in total. The van der Waals surface area contributed by atoms with Gasteiger partial charge in [-0.05, 0) is 43.6 Å². The number of thiophene rings is 1. The van der Waals surface area contributed by atoms with E-state index in [-0.39, 0.29) is 30.2 Å². The molecule has 2 amide bonds. The Morgan fingerprint density at radius 1 is 1.31 bits per heavy atom. The average Bonchev–Trinajstić information content (AvgIpc) is 3.30. The molecular weight excluding hydrogens is 374 g/mol. The number of carbonyl (C=O) groups is 2. The Morgan fingerprint density at radius 2 is 2.08 bits per heavy atom. The van der Waals surface area contributed by atoms with Crippen LogP contribution in [-0.4, -0.2) is 49.4 Å². The maximum Gasteiger partial charge on any atom is 0.254 e. The van der Waals surface area contributed by atoms with Crippen molar-refractivity contribution in [2.45, 2.75) is 45.1 Å². The fraction of sp³-hybridized carbons (Fsp3) is 0.647. The molecule has 0 aromatic carbocycles. The largest absolute Gasteiger partial charge is 0.349 e. The summed E-state index contributed by atoms with van der Waals surface area (Å²) in [4.78, 5) is 24.9. The molecule has 1 saturated carbocycles. The number of anilines is 1. The van der Waals surface area contributed by atoms with Gasteiger partial charge in [-0.2, -0.15) is 0 Å². The first-order chi connectivity index (χ1) is 12.4. The van der Waals surface area contributed by atoms with E-state index in [1.807, 2.05) is 6.92 Å². The Kier molecular flexibility index (Phi) is 5.99. The molecule has 1 aliphatic carbocycles. The number of piperidine rings is 1. The van der Waals surface area contributed by atoms with E-state index in [0.29, 0.717) is 36.4 Å². The normalized spacial score (nSPS) is 21.3. The number of nitrogens with zero attached hydrogens (tertiary/aromatic N) is 1. The molecule has 0 bridgehead atoms. The topological polar surface area (TPSA) is 95.6 Å². The molecular formula is C17H25N3O4S2. The summed E-state index contributed by atoms with van der Waals surface area (Å²) in [6.07, 6.45) is 3.88. The molecule has 1 saturated heterocycles. The van der Waals surface area contributed by atoms with Gasteiger partial charge in [-0.3, -0.25) is 9.59 Å². The molecule has 0 radical (unpaired) electrons. The van der Waals surface area contributed by atoms with Crippen LogP contribution in [0.3, 0.4) is 0 Å². The van der Waals surface area contributed by atoms with Crippen molar-refractivity contribution in [1.82, 2.24) is 9.62 Å². The Bertz CT molecular complexity index is 771. The van der Waals surface area contributed by atoms with E-state index >= 15 is 0 Å². The van der Waals surface area contributed by atoms with Crippen LogP contribution in [0.25, 0.3) is 0 Å². The van der Waals surface area contributed by atoms with Gasteiger partial charge in [0.1, 0.15) is 5.00 Å². The zero-order valence-electron chi connectivity index (χ0n) is 14.9. The van der Waals surface area contributed by atoms with Crippen molar-refractivity contribution in [2.75, 3.05) is 24.2 Å². The van der Waals surface area contributed by atoms with Gasteiger partial charge >= 0.3 is 0 Å². The summed E-state index contributed by atoms with van der Waals surface area (Å²) in [6.45, 7) is 2.51. The van der Waals surface area contributed by atoms with E-state index in [1.54, 1.807) is 11.4 Å². The van der Waals surface area contributed by atoms with Crippen LogP contribution in [0.4, 0.5) is 5.00 Å². The number of nitrogens with one attached hydrogen (secondary N) is 2. The van der Waals surface area contributed by atoms with Gasteiger partial charge < -0.3 is 10.6 Å². The first-order valence-corrected chi connectivity index (χ1v) is 11.6. The lowest BCUT2D eigenvalue weighted by atomic mass is 9.99. The SMILES string of the molecule is CCCS(=O)(=O)N1CCCC(C(=O)Nc2sccc2C(=O)NC2CC2)C1. The highest BCUT2D eigenvalue weighted by molar-refractivity contribution is 7.89. The predicted octanol–water partition coefficient (Wildman–Crippen LogP) is 2.03. The molecule has 1 aliphatic heterocycles. The van der Waals surface area contributed by atoms with Crippen molar-refractivity contribution in [3.8, 4) is 0 Å². The third-order valence-corrected chi connectivity index (χ3v) is 7.54. The Hall–Kier alpha value is -1.45. The van der Waals surface area contributed by atoms with Gasteiger partial charge in [0, 0.05) is 19.1 Å². The molecule has 1 aromatic heterocycles. The highest BCUT2D eigenvalue weighted by atomic mass is 32.2. The monoisotopic (exact) mass is 399 g/mol. The van der Waals surface area contributed by atoms with E-state index in [2.05, 4.69) is 10.6 Å². The van der Waals surface area contributed by atoms with Crippen LogP contribution >= 0.6 is 11.3 Å². The summed E-state index contributed by atoms with van der Waals surface area (Å²) in [5.41, 5.74) is 0.474. The summed E-state index contributed by atoms with van der Waals surface area (Å²) < 4.78 is 26.0. The molecule has 0 spiro atoms. The summed E-state index contributed by atoms with van der Waals surface area (Å²) >= 11 is 1.31. The van der Waals surface area contributed by atoms with Crippen molar-refractivity contribution < 1.29 is 18.0 Å². The van der Waals surface area contributed by atoms with E-state index in [1.165, 1.54) is 15.6 Å². The van der Waals surface area contributed by atoms with E-state index in [0.717, 1.165) is 12.8 Å². The second-order valence-corrected chi connectivity index (χ2v) is 9.92. The molecule has 1 aromatic rings. The molecule has 3 rings (SSSR count). The fourth-order valence-corrected chi connectivity index (χ4v) is 5.46. The van der Waals surface area contributed by atoms with Crippen LogP contribution < -0.4 is 10.6 Å². The lowest BCUT2D eigenvalue weighted by Gasteiger charge is -2.31. The Morgan fingerprint density at radius 3 is 2.77 bits per heavy atom. The van der Waals surface area contributed by atoms with Gasteiger partial charge in [-0.1, -0.05) is 6.92 Å². The van der Waals surface area contributed by atoms with Crippen LogP contribution in [-0.2, 0) is 14.8 Å². The fourth-order valence-electron chi connectivity index (χ4n) is 3.09. The first kappa shape index (κ1) is 19.3. The second-order valence-electron chi connectivity index (χ2n) is 6.91. The lowest BCUT2D eigenvalue weighted by Crippen LogP contribution is -2.44. The van der Waals surface area contributed by atoms with Gasteiger partial charge in [-0.25, -0.2) is 12.7 Å². The maximum atomic E-state index is 12.6. The van der Waals surface area contributed by atoms with Crippen molar-refractivity contribution in [1.29, 1.82) is 0 Å². The average molecular weight is 400 g/mol. The van der Waals surface area contributed by atoms with Crippen molar-refractivity contribution >= 4 is 38.2 Å². The van der Waals surface area contributed by atoms with Crippen LogP contribution in [0.1, 0.15) is 49.4 Å². The van der Waals surface area contributed by atoms with E-state index in [4.69, 9.17) is 0 Å². The van der Waals surface area contributed by atoms with Gasteiger partial charge in [0.2, 0.25) is 15.9 Å². The number of rotatable bonds is 7. The molecule has 2 heterocycles. The Labute approximate surface area is 158 Å². The molecule has 1 atom stereocenters.